The summed E-state index contributed by atoms with van der Waals surface area (Å²) < 4.78 is 6.72. The van der Waals surface area contributed by atoms with Gasteiger partial charge >= 0.3 is 6.47 Å². The van der Waals surface area contributed by atoms with Crippen molar-refractivity contribution in [3.05, 3.63) is 31.3 Å². The lowest BCUT2D eigenvalue weighted by Gasteiger charge is -1.97. The molecule has 0 spiro atoms. The normalized spacial score (nSPS) is 10.5. The third-order valence-corrected chi connectivity index (χ3v) is 4.50. The van der Waals surface area contributed by atoms with Gasteiger partial charge in [0.15, 0.2) is 0 Å². The van der Waals surface area contributed by atoms with Crippen molar-refractivity contribution in [2.45, 2.75) is 6.61 Å². The molecule has 0 aliphatic carbocycles. The van der Waals surface area contributed by atoms with Gasteiger partial charge in [0.2, 0.25) is 0 Å². The zero-order valence-corrected chi connectivity index (χ0v) is 11.4. The van der Waals surface area contributed by atoms with Crippen LogP contribution in [0.25, 0.3) is 10.8 Å². The summed E-state index contributed by atoms with van der Waals surface area (Å²) in [6, 6.07) is 5.95. The van der Waals surface area contributed by atoms with E-state index in [1.165, 1.54) is 6.47 Å². The van der Waals surface area contributed by atoms with Crippen molar-refractivity contribution in [1.82, 2.24) is 0 Å². The summed E-state index contributed by atoms with van der Waals surface area (Å²) in [5.41, 5.74) is 0. The summed E-state index contributed by atoms with van der Waals surface area (Å²) in [6.07, 6.45) is 0. The van der Waals surface area contributed by atoms with Crippen LogP contribution in [0.15, 0.2) is 26.5 Å². The van der Waals surface area contributed by atoms with Crippen LogP contribution in [0.4, 0.5) is 0 Å². The van der Waals surface area contributed by atoms with Gasteiger partial charge in [-0.3, -0.25) is 0 Å². The van der Waals surface area contributed by atoms with Gasteiger partial charge < -0.3 is 4.74 Å². The molecule has 2 nitrogen and oxygen atoms in total. The smallest absolute Gasteiger partial charge is 0.417 e. The topological polar surface area (TPSA) is 26.3 Å². The van der Waals surface area contributed by atoms with Crippen molar-refractivity contribution >= 4 is 60.4 Å². The average molecular weight is 349 g/mol. The summed E-state index contributed by atoms with van der Waals surface area (Å²) in [7, 11) is 0. The highest BCUT2D eigenvalue weighted by Gasteiger charge is 2.11. The molecule has 2 rings (SSSR count). The quantitative estimate of drug-likeness (QED) is 0.837. The predicted molar refractivity (Wildman–Crippen MR) is 67.7 cm³/mol. The molecular weight excluding hydrogens is 344 g/mol. The van der Waals surface area contributed by atoms with Crippen molar-refractivity contribution in [1.29, 1.82) is 0 Å². The Morgan fingerprint density at radius 3 is 2.93 bits per heavy atom. The minimum atomic E-state index is 0.271. The maximum Gasteiger partial charge on any atom is 0.417 e. The number of halogens is 2. The van der Waals surface area contributed by atoms with Gasteiger partial charge in [-0.05, 0) is 22.0 Å². The molecule has 0 aliphatic heterocycles. The third-order valence-electron chi connectivity index (χ3n) is 1.99. The molecule has 1 aromatic carbocycles. The van der Waals surface area contributed by atoms with Gasteiger partial charge in [-0.15, -0.1) is 11.3 Å². The number of carbonyl (C=O) groups excluding carboxylic acids is 1. The van der Waals surface area contributed by atoms with E-state index in [4.69, 9.17) is 0 Å². The molecule has 0 bridgehead atoms. The molecule has 0 aliphatic rings. The van der Waals surface area contributed by atoms with E-state index in [1.54, 1.807) is 11.3 Å². The van der Waals surface area contributed by atoms with Crippen molar-refractivity contribution < 1.29 is 9.53 Å². The zero-order chi connectivity index (χ0) is 10.8. The summed E-state index contributed by atoms with van der Waals surface area (Å²) in [6.45, 7) is 1.70. The van der Waals surface area contributed by atoms with E-state index in [2.05, 4.69) is 36.6 Å². The highest BCUT2D eigenvalue weighted by molar-refractivity contribution is 9.11. The lowest BCUT2D eigenvalue weighted by molar-refractivity contribution is 0.271. The van der Waals surface area contributed by atoms with Crippen molar-refractivity contribution in [2.24, 2.45) is 0 Å². The van der Waals surface area contributed by atoms with Gasteiger partial charge in [0.25, 0.3) is 0 Å². The lowest BCUT2D eigenvalue weighted by Crippen LogP contribution is -1.86. The highest BCUT2D eigenvalue weighted by atomic mass is 79.9. The van der Waals surface area contributed by atoms with Gasteiger partial charge in [-0.2, -0.15) is 0 Å². The number of thiophene rings is 1. The number of fused-ring (bicyclic) bond motifs is 1. The van der Waals surface area contributed by atoms with Gasteiger partial charge in [-0.1, -0.05) is 28.1 Å². The van der Waals surface area contributed by atoms with Crippen LogP contribution < -0.4 is 0 Å². The van der Waals surface area contributed by atoms with Crippen LogP contribution in [-0.2, 0) is 16.1 Å². The number of benzene rings is 1. The Hall–Kier alpha value is -0.390. The second-order valence-electron chi connectivity index (χ2n) is 2.83. The Balaban J connectivity index is 2.57. The number of hydrogen-bond donors (Lipinski definition) is 0. The Morgan fingerprint density at radius 1 is 1.40 bits per heavy atom. The fourth-order valence-corrected chi connectivity index (χ4v) is 4.28. The van der Waals surface area contributed by atoms with E-state index in [0.717, 1.165) is 23.9 Å². The molecule has 0 fully saturated rings. The Kier molecular flexibility index (Phi) is 3.43. The molecule has 2 aromatic rings. The Bertz CT molecular complexity index is 507. The van der Waals surface area contributed by atoms with Crippen LogP contribution in [0.3, 0.4) is 0 Å². The fraction of sp³-hybridized carbons (Fsp3) is 0.100. The zero-order valence-electron chi connectivity index (χ0n) is 7.42. The molecule has 1 aromatic heterocycles. The summed E-state index contributed by atoms with van der Waals surface area (Å²) in [5, 5.41) is 2.21. The van der Waals surface area contributed by atoms with Crippen LogP contribution in [0, 0.1) is 0 Å². The van der Waals surface area contributed by atoms with E-state index in [9.17, 15) is 4.79 Å². The van der Waals surface area contributed by atoms with Crippen LogP contribution in [-0.4, -0.2) is 6.47 Å². The fourth-order valence-electron chi connectivity index (χ4n) is 1.37. The molecule has 0 atom stereocenters. The molecule has 0 amide bonds. The van der Waals surface area contributed by atoms with Gasteiger partial charge in [0.1, 0.15) is 6.61 Å². The second-order valence-corrected chi connectivity index (χ2v) is 6.11. The lowest BCUT2D eigenvalue weighted by atomic mass is 10.2. The van der Waals surface area contributed by atoms with Gasteiger partial charge in [0, 0.05) is 15.2 Å². The highest BCUT2D eigenvalue weighted by Crippen LogP contribution is 2.39. The molecular formula is C10H5Br2O2S. The molecule has 0 saturated carbocycles. The molecule has 1 radical (unpaired) electrons. The summed E-state index contributed by atoms with van der Waals surface area (Å²) >= 11 is 8.55. The number of rotatable bonds is 3. The number of hydrogen-bond acceptors (Lipinski definition) is 3. The first-order valence-electron chi connectivity index (χ1n) is 4.08. The van der Waals surface area contributed by atoms with E-state index in [-0.39, 0.29) is 6.61 Å². The van der Waals surface area contributed by atoms with E-state index in [1.807, 2.05) is 18.2 Å². The molecule has 0 saturated heterocycles. The number of ether oxygens (including phenoxy) is 1. The van der Waals surface area contributed by atoms with E-state index in [0.29, 0.717) is 0 Å². The van der Waals surface area contributed by atoms with E-state index < -0.39 is 0 Å². The van der Waals surface area contributed by atoms with Crippen molar-refractivity contribution in [3.8, 4) is 0 Å². The first-order chi connectivity index (χ1) is 7.24. The largest absolute Gasteiger partial charge is 0.452 e. The molecule has 1 heterocycles. The Morgan fingerprint density at radius 2 is 2.20 bits per heavy atom. The third kappa shape index (κ3) is 2.09. The molecule has 15 heavy (non-hydrogen) atoms. The maximum atomic E-state index is 10.0. The van der Waals surface area contributed by atoms with Crippen LogP contribution in [0.1, 0.15) is 4.88 Å². The van der Waals surface area contributed by atoms with E-state index >= 15 is 0 Å². The van der Waals surface area contributed by atoms with Gasteiger partial charge in [0.05, 0.1) is 8.66 Å². The molecule has 0 unspecified atom stereocenters. The first kappa shape index (κ1) is 11.1. The predicted octanol–water partition coefficient (Wildman–Crippen LogP) is 4.01. The minimum Gasteiger partial charge on any atom is -0.452 e. The molecule has 77 valence electrons. The van der Waals surface area contributed by atoms with Gasteiger partial charge in [-0.25, -0.2) is 4.79 Å². The summed E-state index contributed by atoms with van der Waals surface area (Å²) in [5.74, 6) is 0. The second kappa shape index (κ2) is 4.63. The average Bonchev–Trinajstić information content (AvgIpc) is 2.54. The van der Waals surface area contributed by atoms with Crippen LogP contribution in [0.2, 0.25) is 0 Å². The molecule has 0 N–H and O–H groups in total. The maximum absolute atomic E-state index is 10.0. The van der Waals surface area contributed by atoms with Crippen molar-refractivity contribution in [3.63, 3.8) is 0 Å². The summed E-state index contributed by atoms with van der Waals surface area (Å²) in [4.78, 5) is 11.0. The monoisotopic (exact) mass is 347 g/mol. The minimum absolute atomic E-state index is 0.271. The van der Waals surface area contributed by atoms with Crippen molar-refractivity contribution in [2.75, 3.05) is 0 Å². The standard InChI is InChI=1S/C10H5Br2O2S/c11-7-3-1-2-6-8(4-14-5-13)15-10(12)9(6)7/h1-3H,4H2. The van der Waals surface area contributed by atoms with Crippen LogP contribution >= 0.6 is 43.2 Å². The van der Waals surface area contributed by atoms with Crippen LogP contribution in [0.5, 0.6) is 0 Å². The Labute approximate surface area is 107 Å². The SMILES string of the molecule is O=[C]OCc1sc(Br)c2c(Br)cccc12. The first-order valence-corrected chi connectivity index (χ1v) is 6.48. The molecule has 5 heteroatoms.